The van der Waals surface area contributed by atoms with E-state index in [1.165, 1.54) is 6.07 Å². The molecular weight excluding hydrogens is 278 g/mol. The molecule has 0 unspecified atom stereocenters. The van der Waals surface area contributed by atoms with Gasteiger partial charge in [0.1, 0.15) is 5.69 Å². The summed E-state index contributed by atoms with van der Waals surface area (Å²) in [5, 5.41) is 15.0. The highest BCUT2D eigenvalue weighted by atomic mass is 35.5. The molecule has 0 bridgehead atoms. The molecule has 2 rings (SSSR count). The Hall–Kier alpha value is -1.33. The number of halogens is 1. The molecule has 1 aliphatic heterocycles. The summed E-state index contributed by atoms with van der Waals surface area (Å²) in [6.07, 6.45) is 2.21. The van der Waals surface area contributed by atoms with Gasteiger partial charge in [-0.05, 0) is 44.8 Å². The second-order valence-corrected chi connectivity index (χ2v) is 5.50. The molecule has 1 saturated heterocycles. The van der Waals surface area contributed by atoms with Gasteiger partial charge in [0.05, 0.1) is 9.95 Å². The summed E-state index contributed by atoms with van der Waals surface area (Å²) in [5.41, 5.74) is 0.647. The number of hydrogen-bond acceptors (Lipinski definition) is 4. The van der Waals surface area contributed by atoms with Gasteiger partial charge in [0.15, 0.2) is 0 Å². The first-order valence-electron chi connectivity index (χ1n) is 7.02. The quantitative estimate of drug-likeness (QED) is 0.670. The van der Waals surface area contributed by atoms with Gasteiger partial charge < -0.3 is 10.2 Å². The maximum absolute atomic E-state index is 11.2. The van der Waals surface area contributed by atoms with Crippen LogP contribution in [0.2, 0.25) is 5.02 Å². The van der Waals surface area contributed by atoms with Crippen molar-refractivity contribution >= 4 is 23.0 Å². The minimum Gasteiger partial charge on any atom is -0.365 e. The van der Waals surface area contributed by atoms with Crippen molar-refractivity contribution < 1.29 is 4.92 Å². The molecule has 1 heterocycles. The zero-order valence-electron chi connectivity index (χ0n) is 11.6. The first kappa shape index (κ1) is 15.1. The number of nitro benzene ring substituents is 1. The lowest BCUT2D eigenvalue weighted by atomic mass is 9.97. The van der Waals surface area contributed by atoms with E-state index in [-0.39, 0.29) is 10.6 Å². The molecule has 0 saturated carbocycles. The van der Waals surface area contributed by atoms with Crippen molar-refractivity contribution in [3.8, 4) is 0 Å². The van der Waals surface area contributed by atoms with E-state index in [2.05, 4.69) is 5.32 Å². The lowest BCUT2D eigenvalue weighted by Crippen LogP contribution is -2.36. The van der Waals surface area contributed by atoms with Gasteiger partial charge in [0, 0.05) is 19.2 Å². The molecule has 0 radical (unpaired) electrons. The van der Waals surface area contributed by atoms with E-state index in [0.29, 0.717) is 23.2 Å². The minimum absolute atomic E-state index is 0.0910. The van der Waals surface area contributed by atoms with Gasteiger partial charge >= 0.3 is 0 Å². The number of nitrogens with one attached hydrogen (secondary N) is 1. The average Bonchev–Trinajstić information content (AvgIpc) is 2.46. The normalized spacial score (nSPS) is 16.1. The molecule has 110 valence electrons. The van der Waals surface area contributed by atoms with Crippen LogP contribution in [0.15, 0.2) is 18.2 Å². The molecule has 0 amide bonds. The van der Waals surface area contributed by atoms with Gasteiger partial charge in [-0.3, -0.25) is 10.1 Å². The second-order valence-electron chi connectivity index (χ2n) is 5.10. The predicted octanol–water partition coefficient (Wildman–Crippen LogP) is 3.07. The van der Waals surface area contributed by atoms with E-state index >= 15 is 0 Å². The first-order chi connectivity index (χ1) is 9.63. The fraction of sp³-hybridized carbons (Fsp3) is 0.571. The zero-order chi connectivity index (χ0) is 14.5. The number of benzene rings is 1. The van der Waals surface area contributed by atoms with Crippen molar-refractivity contribution in [2.45, 2.75) is 19.8 Å². The fourth-order valence-corrected chi connectivity index (χ4v) is 3.01. The van der Waals surface area contributed by atoms with Gasteiger partial charge in [-0.25, -0.2) is 0 Å². The number of nitro groups is 1. The smallest absolute Gasteiger partial charge is 0.294 e. The molecule has 1 N–H and O–H groups in total. The molecule has 6 heteroatoms. The van der Waals surface area contributed by atoms with Crippen LogP contribution in [0.1, 0.15) is 19.8 Å². The Labute approximate surface area is 124 Å². The molecule has 1 aliphatic rings. The number of piperidine rings is 1. The third-order valence-corrected chi connectivity index (χ3v) is 4.10. The number of para-hydroxylation sites is 1. The molecule has 20 heavy (non-hydrogen) atoms. The number of rotatable bonds is 5. The summed E-state index contributed by atoms with van der Waals surface area (Å²) in [6, 6.07) is 4.86. The van der Waals surface area contributed by atoms with E-state index in [0.717, 1.165) is 32.5 Å². The Morgan fingerprint density at radius 3 is 2.75 bits per heavy atom. The van der Waals surface area contributed by atoms with Crippen LogP contribution in [0.3, 0.4) is 0 Å². The van der Waals surface area contributed by atoms with E-state index < -0.39 is 0 Å². The second kappa shape index (κ2) is 6.90. The van der Waals surface area contributed by atoms with Crippen LogP contribution in [0, 0.1) is 16.0 Å². The molecule has 0 aromatic heterocycles. The van der Waals surface area contributed by atoms with Crippen LogP contribution in [0.4, 0.5) is 11.4 Å². The van der Waals surface area contributed by atoms with Crippen molar-refractivity contribution in [1.29, 1.82) is 0 Å². The predicted molar refractivity (Wildman–Crippen MR) is 81.6 cm³/mol. The molecule has 1 aromatic rings. The summed E-state index contributed by atoms with van der Waals surface area (Å²) in [4.78, 5) is 12.9. The van der Waals surface area contributed by atoms with Crippen molar-refractivity contribution in [2.75, 3.05) is 31.1 Å². The molecule has 0 spiro atoms. The summed E-state index contributed by atoms with van der Waals surface area (Å²) in [7, 11) is 0. The molecule has 1 aromatic carbocycles. The van der Waals surface area contributed by atoms with Crippen LogP contribution in [0.25, 0.3) is 0 Å². The Bertz CT molecular complexity index is 475. The summed E-state index contributed by atoms with van der Waals surface area (Å²) >= 11 is 6.21. The van der Waals surface area contributed by atoms with Gasteiger partial charge in [0.2, 0.25) is 0 Å². The Morgan fingerprint density at radius 1 is 1.45 bits per heavy atom. The van der Waals surface area contributed by atoms with E-state index in [4.69, 9.17) is 11.6 Å². The Morgan fingerprint density at radius 2 is 2.15 bits per heavy atom. The van der Waals surface area contributed by atoms with Gasteiger partial charge in [-0.2, -0.15) is 0 Å². The molecular formula is C14H20ClN3O2. The number of nitrogens with zero attached hydrogens (tertiary/aromatic N) is 2. The van der Waals surface area contributed by atoms with Gasteiger partial charge in [-0.15, -0.1) is 0 Å². The van der Waals surface area contributed by atoms with Crippen molar-refractivity contribution in [3.05, 3.63) is 33.3 Å². The zero-order valence-corrected chi connectivity index (χ0v) is 12.4. The lowest BCUT2D eigenvalue weighted by Gasteiger charge is -2.31. The summed E-state index contributed by atoms with van der Waals surface area (Å²) in [6.45, 7) is 5.59. The maximum Gasteiger partial charge on any atom is 0.294 e. The fourth-order valence-electron chi connectivity index (χ4n) is 2.72. The SMILES string of the molecule is CCN(CC1CCNCC1)c1c(Cl)cccc1[N+](=O)[O-]. The highest BCUT2D eigenvalue weighted by Crippen LogP contribution is 2.36. The molecule has 1 fully saturated rings. The van der Waals surface area contributed by atoms with Crippen molar-refractivity contribution in [3.63, 3.8) is 0 Å². The van der Waals surface area contributed by atoms with Crippen LogP contribution in [-0.4, -0.2) is 31.1 Å². The highest BCUT2D eigenvalue weighted by molar-refractivity contribution is 6.33. The van der Waals surface area contributed by atoms with Gasteiger partial charge in [-0.1, -0.05) is 17.7 Å². The molecule has 0 aliphatic carbocycles. The number of hydrogen-bond donors (Lipinski definition) is 1. The molecule has 5 nitrogen and oxygen atoms in total. The lowest BCUT2D eigenvalue weighted by molar-refractivity contribution is -0.384. The summed E-state index contributed by atoms with van der Waals surface area (Å²) in [5.74, 6) is 0.562. The largest absolute Gasteiger partial charge is 0.365 e. The first-order valence-corrected chi connectivity index (χ1v) is 7.39. The number of anilines is 1. The van der Waals surface area contributed by atoms with Crippen LogP contribution in [-0.2, 0) is 0 Å². The van der Waals surface area contributed by atoms with E-state index in [1.54, 1.807) is 12.1 Å². The Balaban J connectivity index is 2.24. The van der Waals surface area contributed by atoms with Crippen LogP contribution in [0.5, 0.6) is 0 Å². The van der Waals surface area contributed by atoms with Crippen LogP contribution < -0.4 is 10.2 Å². The third-order valence-electron chi connectivity index (χ3n) is 3.80. The van der Waals surface area contributed by atoms with E-state index in [9.17, 15) is 10.1 Å². The topological polar surface area (TPSA) is 58.4 Å². The van der Waals surface area contributed by atoms with Gasteiger partial charge in [0.25, 0.3) is 5.69 Å². The summed E-state index contributed by atoms with van der Waals surface area (Å²) < 4.78 is 0. The van der Waals surface area contributed by atoms with Crippen molar-refractivity contribution in [1.82, 2.24) is 5.32 Å². The monoisotopic (exact) mass is 297 g/mol. The highest BCUT2D eigenvalue weighted by Gasteiger charge is 2.24. The Kier molecular flexibility index (Phi) is 5.20. The van der Waals surface area contributed by atoms with E-state index in [1.807, 2.05) is 11.8 Å². The van der Waals surface area contributed by atoms with Crippen molar-refractivity contribution in [2.24, 2.45) is 5.92 Å². The van der Waals surface area contributed by atoms with Crippen LogP contribution >= 0.6 is 11.6 Å². The molecule has 0 atom stereocenters. The minimum atomic E-state index is -0.355. The standard InChI is InChI=1S/C14H20ClN3O2/c1-2-17(10-11-6-8-16-9-7-11)14-12(15)4-3-5-13(14)18(19)20/h3-5,11,16H,2,6-10H2,1H3. The maximum atomic E-state index is 11.2. The average molecular weight is 298 g/mol. The third kappa shape index (κ3) is 3.41.